The van der Waals surface area contributed by atoms with E-state index >= 15 is 13.2 Å². The number of halogens is 15. The molecule has 18 heteroatoms. The Hall–Kier alpha value is -8.20. The summed E-state index contributed by atoms with van der Waals surface area (Å²) in [6.07, 6.45) is -26.0. The minimum atomic E-state index is -5.29. The van der Waals surface area contributed by atoms with Crippen LogP contribution in [-0.2, 0) is 30.9 Å². The standard InChI is InChI=1S/C54H26F15N3/c55-50(56,57)32-14-16-34(41(25-32)52(61,62)63)30-12-19-45-39(23-30)37-8-1-3-10-43(37)71(45)47-21-18-36(29-7-5-6-28(22-29)27-70)49(48(47)54(67,68)69)72-44-11-4-2-9-38(44)40-24-31(13-20-46(40)72)35-17-15-33(51(58,59)60)26-42(35)53(64,65)66/h1-26H. The zero-order chi connectivity index (χ0) is 51.4. The Morgan fingerprint density at radius 1 is 0.347 bits per heavy atom. The van der Waals surface area contributed by atoms with E-state index in [4.69, 9.17) is 0 Å². The minimum Gasteiger partial charge on any atom is -0.309 e. The van der Waals surface area contributed by atoms with Crippen LogP contribution >= 0.6 is 0 Å². The summed E-state index contributed by atoms with van der Waals surface area (Å²) in [6.45, 7) is 0. The first kappa shape index (κ1) is 47.5. The molecule has 0 aliphatic rings. The van der Waals surface area contributed by atoms with E-state index < -0.39 is 81.2 Å². The topological polar surface area (TPSA) is 33.6 Å². The summed E-state index contributed by atoms with van der Waals surface area (Å²) in [5, 5.41) is 10.6. The SMILES string of the molecule is N#Cc1cccc(-c2ccc(-n3c4ccccc4c4cc(-c5ccc(C(F)(F)F)cc5C(F)(F)F)ccc43)c(C(F)(F)F)c2-n2c3ccccc3c3cc(-c4ccc(C(F)(F)F)cc4C(F)(F)F)ccc32)c1. The maximum Gasteiger partial charge on any atom is 0.420 e. The first-order chi connectivity index (χ1) is 33.8. The second-order valence-corrected chi connectivity index (χ2v) is 16.7. The summed E-state index contributed by atoms with van der Waals surface area (Å²) in [7, 11) is 0. The summed E-state index contributed by atoms with van der Waals surface area (Å²) in [6, 6.07) is 31.8. The fraction of sp³-hybridized carbons (Fsp3) is 0.0926. The van der Waals surface area contributed by atoms with Crippen molar-refractivity contribution in [3.05, 3.63) is 191 Å². The molecule has 0 fully saturated rings. The molecule has 362 valence electrons. The van der Waals surface area contributed by atoms with Gasteiger partial charge in [-0.15, -0.1) is 0 Å². The van der Waals surface area contributed by atoms with Crippen molar-refractivity contribution in [3.63, 3.8) is 0 Å². The average Bonchev–Trinajstić information content (AvgIpc) is 3.83. The molecule has 0 spiro atoms. The molecule has 0 amide bonds. The van der Waals surface area contributed by atoms with Crippen molar-refractivity contribution in [2.45, 2.75) is 30.9 Å². The number of para-hydroxylation sites is 2. The molecule has 0 N–H and O–H groups in total. The van der Waals surface area contributed by atoms with Gasteiger partial charge in [0.15, 0.2) is 0 Å². The van der Waals surface area contributed by atoms with Gasteiger partial charge in [-0.1, -0.05) is 78.9 Å². The summed E-state index contributed by atoms with van der Waals surface area (Å²) >= 11 is 0. The van der Waals surface area contributed by atoms with Gasteiger partial charge in [0.05, 0.1) is 67.3 Å². The van der Waals surface area contributed by atoms with Crippen LogP contribution in [0.25, 0.3) is 88.4 Å². The first-order valence-electron chi connectivity index (χ1n) is 21.2. The van der Waals surface area contributed by atoms with Crippen LogP contribution in [0, 0.1) is 11.3 Å². The van der Waals surface area contributed by atoms with E-state index in [1.165, 1.54) is 118 Å². The Balaban J connectivity index is 1.29. The Morgan fingerprint density at radius 3 is 1.26 bits per heavy atom. The zero-order valence-electron chi connectivity index (χ0n) is 36.0. The molecule has 2 aromatic heterocycles. The fourth-order valence-corrected chi connectivity index (χ4v) is 9.46. The number of fused-ring (bicyclic) bond motifs is 6. The summed E-state index contributed by atoms with van der Waals surface area (Å²) in [4.78, 5) is 0. The van der Waals surface area contributed by atoms with Crippen LogP contribution in [0.5, 0.6) is 0 Å². The molecule has 0 aliphatic carbocycles. The van der Waals surface area contributed by atoms with Crippen LogP contribution in [0.15, 0.2) is 158 Å². The average molecular weight is 1000 g/mol. The number of benzene rings is 8. The Bertz CT molecular complexity index is 3870. The number of nitriles is 1. The molecule has 0 unspecified atom stereocenters. The van der Waals surface area contributed by atoms with Crippen molar-refractivity contribution >= 4 is 43.6 Å². The third-order valence-corrected chi connectivity index (χ3v) is 12.5. The van der Waals surface area contributed by atoms with Crippen LogP contribution in [0.1, 0.15) is 33.4 Å². The lowest BCUT2D eigenvalue weighted by Gasteiger charge is -2.24. The maximum atomic E-state index is 16.6. The quantitative estimate of drug-likeness (QED) is 0.158. The van der Waals surface area contributed by atoms with Crippen LogP contribution < -0.4 is 0 Å². The largest absolute Gasteiger partial charge is 0.420 e. The van der Waals surface area contributed by atoms with Crippen molar-refractivity contribution < 1.29 is 65.9 Å². The van der Waals surface area contributed by atoms with Crippen molar-refractivity contribution in [2.75, 3.05) is 0 Å². The third-order valence-electron chi connectivity index (χ3n) is 12.5. The minimum absolute atomic E-state index is 0.0161. The molecule has 0 radical (unpaired) electrons. The fourth-order valence-electron chi connectivity index (χ4n) is 9.46. The van der Waals surface area contributed by atoms with Crippen molar-refractivity contribution in [1.29, 1.82) is 5.26 Å². The molecule has 0 aliphatic heterocycles. The Kier molecular flexibility index (Phi) is 10.8. The number of hydrogen-bond donors (Lipinski definition) is 0. The van der Waals surface area contributed by atoms with Gasteiger partial charge in [-0.05, 0) is 107 Å². The highest BCUT2D eigenvalue weighted by molar-refractivity contribution is 6.13. The van der Waals surface area contributed by atoms with Gasteiger partial charge in [-0.2, -0.15) is 71.1 Å². The van der Waals surface area contributed by atoms with Gasteiger partial charge in [0.2, 0.25) is 0 Å². The predicted octanol–water partition coefficient (Wildman–Crippen LogP) is 17.8. The summed E-state index contributed by atoms with van der Waals surface area (Å²) in [5.74, 6) is 0. The summed E-state index contributed by atoms with van der Waals surface area (Å²) < 4.78 is 221. The number of hydrogen-bond acceptors (Lipinski definition) is 1. The maximum absolute atomic E-state index is 16.6. The van der Waals surface area contributed by atoms with Gasteiger partial charge < -0.3 is 9.13 Å². The van der Waals surface area contributed by atoms with E-state index in [1.54, 1.807) is 0 Å². The van der Waals surface area contributed by atoms with Gasteiger partial charge in [-0.3, -0.25) is 0 Å². The van der Waals surface area contributed by atoms with Gasteiger partial charge >= 0.3 is 30.9 Å². The van der Waals surface area contributed by atoms with E-state index in [-0.39, 0.29) is 83.6 Å². The Morgan fingerprint density at radius 2 is 0.792 bits per heavy atom. The number of rotatable bonds is 5. The molecule has 10 rings (SSSR count). The lowest BCUT2D eigenvalue weighted by atomic mass is 9.95. The summed E-state index contributed by atoms with van der Waals surface area (Å²) in [5.41, 5.74) is -9.87. The van der Waals surface area contributed by atoms with Crippen molar-refractivity contribution in [3.8, 4) is 50.8 Å². The van der Waals surface area contributed by atoms with Gasteiger partial charge in [-0.25, -0.2) is 0 Å². The van der Waals surface area contributed by atoms with Gasteiger partial charge in [0.1, 0.15) is 5.56 Å². The Labute approximate surface area is 395 Å². The molecule has 0 bridgehead atoms. The highest BCUT2D eigenvalue weighted by Gasteiger charge is 2.42. The number of nitrogens with zero attached hydrogens (tertiary/aromatic N) is 3. The van der Waals surface area contributed by atoms with Gasteiger partial charge in [0.25, 0.3) is 0 Å². The smallest absolute Gasteiger partial charge is 0.309 e. The second kappa shape index (κ2) is 16.4. The van der Waals surface area contributed by atoms with E-state index in [0.717, 1.165) is 12.1 Å². The zero-order valence-corrected chi connectivity index (χ0v) is 36.0. The monoisotopic (exact) mass is 1000 g/mol. The van der Waals surface area contributed by atoms with Crippen molar-refractivity contribution in [1.82, 2.24) is 9.13 Å². The molecule has 3 nitrogen and oxygen atoms in total. The third kappa shape index (κ3) is 8.02. The second-order valence-electron chi connectivity index (χ2n) is 16.7. The van der Waals surface area contributed by atoms with E-state index in [1.807, 2.05) is 6.07 Å². The lowest BCUT2D eigenvalue weighted by molar-refractivity contribution is -0.144. The molecule has 10 aromatic rings. The molecule has 72 heavy (non-hydrogen) atoms. The van der Waals surface area contributed by atoms with Crippen LogP contribution in [0.3, 0.4) is 0 Å². The van der Waals surface area contributed by atoms with Crippen molar-refractivity contribution in [2.24, 2.45) is 0 Å². The highest BCUT2D eigenvalue weighted by atomic mass is 19.4. The lowest BCUT2D eigenvalue weighted by Crippen LogP contribution is -2.17. The van der Waals surface area contributed by atoms with E-state index in [0.29, 0.717) is 24.3 Å². The van der Waals surface area contributed by atoms with E-state index in [9.17, 15) is 57.9 Å². The van der Waals surface area contributed by atoms with E-state index in [2.05, 4.69) is 0 Å². The van der Waals surface area contributed by atoms with Crippen LogP contribution in [0.2, 0.25) is 0 Å². The normalized spacial score (nSPS) is 12.9. The molecule has 8 aromatic carbocycles. The molecule has 0 atom stereocenters. The molecule has 0 saturated heterocycles. The number of alkyl halides is 15. The number of aromatic nitrogens is 2. The molecule has 0 saturated carbocycles. The predicted molar refractivity (Wildman–Crippen MR) is 241 cm³/mol. The van der Waals surface area contributed by atoms with Crippen LogP contribution in [-0.4, -0.2) is 9.13 Å². The highest BCUT2D eigenvalue weighted by Crippen LogP contribution is 2.50. The molecule has 2 heterocycles. The van der Waals surface area contributed by atoms with Gasteiger partial charge in [0, 0.05) is 27.1 Å². The molecular formula is C54H26F15N3. The van der Waals surface area contributed by atoms with Crippen LogP contribution in [0.4, 0.5) is 65.9 Å². The molecular weight excluding hydrogens is 976 g/mol. The first-order valence-corrected chi connectivity index (χ1v) is 21.2.